The first-order valence-corrected chi connectivity index (χ1v) is 9.10. The number of rotatable bonds is 3. The summed E-state index contributed by atoms with van der Waals surface area (Å²) in [5, 5.41) is 14.7. The molecule has 0 atom stereocenters. The number of aromatic nitrogens is 3. The van der Waals surface area contributed by atoms with Gasteiger partial charge in [-0.1, -0.05) is 12.1 Å². The van der Waals surface area contributed by atoms with E-state index in [1.165, 1.54) is 11.3 Å². The summed E-state index contributed by atoms with van der Waals surface area (Å²) < 4.78 is 0. The van der Waals surface area contributed by atoms with Crippen molar-refractivity contribution in [1.82, 2.24) is 20.1 Å². The number of urea groups is 1. The van der Waals surface area contributed by atoms with Gasteiger partial charge in [-0.3, -0.25) is 4.79 Å². The summed E-state index contributed by atoms with van der Waals surface area (Å²) in [6.07, 6.45) is 0.744. The Morgan fingerprint density at radius 2 is 1.85 bits per heavy atom. The van der Waals surface area contributed by atoms with Gasteiger partial charge in [0.2, 0.25) is 5.95 Å². The van der Waals surface area contributed by atoms with Crippen molar-refractivity contribution in [2.75, 3.05) is 36.4 Å². The maximum Gasteiger partial charge on any atom is 0.322 e. The van der Waals surface area contributed by atoms with E-state index in [-0.39, 0.29) is 6.03 Å². The number of piperazine rings is 1. The number of carbonyl (C=O) groups is 2. The third-order valence-corrected chi connectivity index (χ3v) is 5.02. The van der Waals surface area contributed by atoms with Gasteiger partial charge in [-0.05, 0) is 12.1 Å². The second-order valence-corrected chi connectivity index (χ2v) is 6.61. The predicted molar refractivity (Wildman–Crippen MR) is 99.8 cm³/mol. The van der Waals surface area contributed by atoms with Gasteiger partial charge in [-0.15, -0.1) is 21.5 Å². The van der Waals surface area contributed by atoms with Gasteiger partial charge in [0.15, 0.2) is 6.29 Å². The van der Waals surface area contributed by atoms with Crippen LogP contribution in [0.2, 0.25) is 0 Å². The molecule has 0 saturated carbocycles. The molecule has 8 nitrogen and oxygen atoms in total. The summed E-state index contributed by atoms with van der Waals surface area (Å²) in [5.41, 5.74) is 2.62. The minimum absolute atomic E-state index is 0.205. The lowest BCUT2D eigenvalue weighted by atomic mass is 10.3. The molecule has 26 heavy (non-hydrogen) atoms. The molecule has 0 aliphatic carbocycles. The molecule has 3 aromatic rings. The number of para-hydroxylation sites is 1. The van der Waals surface area contributed by atoms with Crippen LogP contribution in [0.4, 0.5) is 16.4 Å². The van der Waals surface area contributed by atoms with Crippen LogP contribution in [0.15, 0.2) is 35.0 Å². The molecule has 132 valence electrons. The number of anilines is 2. The largest absolute Gasteiger partial charge is 0.336 e. The molecule has 3 heterocycles. The minimum Gasteiger partial charge on any atom is -0.336 e. The predicted octanol–water partition coefficient (Wildman–Crippen LogP) is 2.25. The molecule has 0 radical (unpaired) electrons. The number of nitrogens with one attached hydrogen (secondary N) is 1. The monoisotopic (exact) mass is 368 g/mol. The highest BCUT2D eigenvalue weighted by Gasteiger charge is 2.23. The van der Waals surface area contributed by atoms with Crippen LogP contribution in [0.3, 0.4) is 0 Å². The Labute approximate surface area is 153 Å². The molecule has 0 spiro atoms. The van der Waals surface area contributed by atoms with E-state index < -0.39 is 0 Å². The molecule has 4 rings (SSSR count). The highest BCUT2D eigenvalue weighted by molar-refractivity contribution is 7.08. The van der Waals surface area contributed by atoms with E-state index in [0.717, 1.165) is 17.3 Å². The number of amides is 2. The van der Waals surface area contributed by atoms with E-state index in [1.54, 1.807) is 15.7 Å². The van der Waals surface area contributed by atoms with E-state index in [0.29, 0.717) is 43.4 Å². The van der Waals surface area contributed by atoms with E-state index in [9.17, 15) is 9.59 Å². The minimum atomic E-state index is -0.205. The second kappa shape index (κ2) is 7.04. The van der Waals surface area contributed by atoms with Crippen LogP contribution < -0.4 is 10.2 Å². The first kappa shape index (κ1) is 16.4. The van der Waals surface area contributed by atoms with Gasteiger partial charge >= 0.3 is 6.03 Å². The smallest absolute Gasteiger partial charge is 0.322 e. The Kier molecular flexibility index (Phi) is 4.44. The van der Waals surface area contributed by atoms with Crippen LogP contribution in [0.25, 0.3) is 11.0 Å². The molecule has 1 fully saturated rings. The zero-order valence-corrected chi connectivity index (χ0v) is 14.6. The number of hydrogen-bond acceptors (Lipinski definition) is 7. The molecule has 2 amide bonds. The Morgan fingerprint density at radius 3 is 2.62 bits per heavy atom. The number of aldehydes is 1. The van der Waals surface area contributed by atoms with Crippen LogP contribution in [0.5, 0.6) is 0 Å². The molecule has 1 aliphatic heterocycles. The first-order valence-electron chi connectivity index (χ1n) is 8.16. The number of hydrogen-bond donors (Lipinski definition) is 1. The van der Waals surface area contributed by atoms with Crippen molar-refractivity contribution in [3.63, 3.8) is 0 Å². The van der Waals surface area contributed by atoms with Gasteiger partial charge in [0.05, 0.1) is 11.2 Å². The van der Waals surface area contributed by atoms with Crippen molar-refractivity contribution >= 4 is 46.3 Å². The Balaban J connectivity index is 1.40. The van der Waals surface area contributed by atoms with E-state index >= 15 is 0 Å². The topological polar surface area (TPSA) is 91.3 Å². The maximum atomic E-state index is 12.4. The number of carbonyl (C=O) groups excluding carboxylic acids is 2. The summed E-state index contributed by atoms with van der Waals surface area (Å²) in [7, 11) is 0. The summed E-state index contributed by atoms with van der Waals surface area (Å²) >= 11 is 1.38. The highest BCUT2D eigenvalue weighted by atomic mass is 32.1. The lowest BCUT2D eigenvalue weighted by Gasteiger charge is -2.34. The van der Waals surface area contributed by atoms with Crippen molar-refractivity contribution in [2.24, 2.45) is 0 Å². The molecular weight excluding hydrogens is 352 g/mol. The lowest BCUT2D eigenvalue weighted by Crippen LogP contribution is -2.50. The fourth-order valence-electron chi connectivity index (χ4n) is 2.81. The lowest BCUT2D eigenvalue weighted by molar-refractivity contribution is 0.112. The highest BCUT2D eigenvalue weighted by Crippen LogP contribution is 2.20. The third-order valence-electron chi connectivity index (χ3n) is 4.26. The number of benzene rings is 1. The van der Waals surface area contributed by atoms with Crippen LogP contribution in [0, 0.1) is 0 Å². The van der Waals surface area contributed by atoms with Gasteiger partial charge < -0.3 is 15.1 Å². The standard InChI is InChI=1S/C17H16N6O2S/c24-9-12-10-26-11-15(12)19-17(25)23-7-5-22(6-8-23)16-18-13-3-1-2-4-14(13)20-21-16/h1-4,9-11H,5-8H2,(H,19,25). The first-order chi connectivity index (χ1) is 12.7. The van der Waals surface area contributed by atoms with Crippen LogP contribution in [-0.2, 0) is 0 Å². The average Bonchev–Trinajstić information content (AvgIpc) is 3.15. The normalized spacial score (nSPS) is 14.5. The molecule has 0 unspecified atom stereocenters. The van der Waals surface area contributed by atoms with Gasteiger partial charge in [0.25, 0.3) is 0 Å². The maximum absolute atomic E-state index is 12.4. The van der Waals surface area contributed by atoms with Crippen LogP contribution in [-0.4, -0.2) is 58.6 Å². The Morgan fingerprint density at radius 1 is 1.08 bits per heavy atom. The quantitative estimate of drug-likeness (QED) is 0.713. The van der Waals surface area contributed by atoms with Crippen LogP contribution in [0.1, 0.15) is 10.4 Å². The number of nitrogens with zero attached hydrogens (tertiary/aromatic N) is 5. The fraction of sp³-hybridized carbons (Fsp3) is 0.235. The van der Waals surface area contributed by atoms with E-state index in [4.69, 9.17) is 0 Å². The Bertz CT molecular complexity index is 951. The van der Waals surface area contributed by atoms with Crippen molar-refractivity contribution in [3.05, 3.63) is 40.6 Å². The number of fused-ring (bicyclic) bond motifs is 1. The molecule has 1 saturated heterocycles. The zero-order valence-electron chi connectivity index (χ0n) is 13.8. The molecule has 1 aromatic carbocycles. The molecule has 9 heteroatoms. The molecule has 1 aliphatic rings. The van der Waals surface area contributed by atoms with Crippen molar-refractivity contribution in [1.29, 1.82) is 0 Å². The van der Waals surface area contributed by atoms with Gasteiger partial charge in [-0.2, -0.15) is 0 Å². The van der Waals surface area contributed by atoms with Crippen LogP contribution >= 0.6 is 11.3 Å². The molecule has 1 N–H and O–H groups in total. The van der Waals surface area contributed by atoms with Gasteiger partial charge in [-0.25, -0.2) is 9.78 Å². The fourth-order valence-corrected chi connectivity index (χ4v) is 3.54. The molecule has 2 aromatic heterocycles. The van der Waals surface area contributed by atoms with E-state index in [1.807, 2.05) is 29.2 Å². The summed E-state index contributed by atoms with van der Waals surface area (Å²) in [6, 6.07) is 7.39. The summed E-state index contributed by atoms with van der Waals surface area (Å²) in [4.78, 5) is 31.6. The van der Waals surface area contributed by atoms with Gasteiger partial charge in [0, 0.05) is 42.5 Å². The van der Waals surface area contributed by atoms with Crippen molar-refractivity contribution < 1.29 is 9.59 Å². The molecule has 0 bridgehead atoms. The summed E-state index contributed by atoms with van der Waals surface area (Å²) in [5.74, 6) is 0.574. The SMILES string of the molecule is O=Cc1cscc1NC(=O)N1CCN(c2nnc3ccccc3n2)CC1. The van der Waals surface area contributed by atoms with Crippen molar-refractivity contribution in [2.45, 2.75) is 0 Å². The van der Waals surface area contributed by atoms with Crippen molar-refractivity contribution in [3.8, 4) is 0 Å². The van der Waals surface area contributed by atoms with E-state index in [2.05, 4.69) is 20.5 Å². The third kappa shape index (κ3) is 3.21. The zero-order chi connectivity index (χ0) is 17.9. The average molecular weight is 368 g/mol. The number of thiophene rings is 1. The molecular formula is C17H16N6O2S. The summed E-state index contributed by atoms with van der Waals surface area (Å²) in [6.45, 7) is 2.33. The van der Waals surface area contributed by atoms with Gasteiger partial charge in [0.1, 0.15) is 5.52 Å². The second-order valence-electron chi connectivity index (χ2n) is 5.86. The Hall–Kier alpha value is -3.07.